The number of hydrogen-bond donors (Lipinski definition) is 2. The van der Waals surface area contributed by atoms with Crippen molar-refractivity contribution >= 4 is 21.6 Å². The summed E-state index contributed by atoms with van der Waals surface area (Å²) in [5.74, 6) is 2.04. The molecule has 0 unspecified atom stereocenters. The lowest BCUT2D eigenvalue weighted by Gasteiger charge is -2.10. The number of rotatable bonds is 9. The van der Waals surface area contributed by atoms with Crippen molar-refractivity contribution in [1.82, 2.24) is 24.8 Å². The molecule has 0 aliphatic heterocycles. The van der Waals surface area contributed by atoms with Gasteiger partial charge in [0.2, 0.25) is 5.91 Å². The van der Waals surface area contributed by atoms with Crippen molar-refractivity contribution in [3.05, 3.63) is 60.4 Å². The highest BCUT2D eigenvalue weighted by Crippen LogP contribution is 2.16. The maximum absolute atomic E-state index is 12.2. The monoisotopic (exact) mass is 442 g/mol. The predicted molar refractivity (Wildman–Crippen MR) is 118 cm³/mol. The number of hydrogen-bond acceptors (Lipinski definition) is 7. The molecule has 0 aliphatic rings. The van der Waals surface area contributed by atoms with Crippen LogP contribution in [0.3, 0.4) is 0 Å². The fourth-order valence-corrected chi connectivity index (χ4v) is 3.96. The number of imidazole rings is 1. The summed E-state index contributed by atoms with van der Waals surface area (Å²) in [6.07, 6.45) is 5.18. The third-order valence-electron chi connectivity index (χ3n) is 4.72. The topological polar surface area (TPSA) is 119 Å². The summed E-state index contributed by atoms with van der Waals surface area (Å²) in [5.41, 5.74) is 0.754. The minimum absolute atomic E-state index is 0.140. The minimum Gasteiger partial charge on any atom is -0.368 e. The normalized spacial score (nSPS) is 11.5. The van der Waals surface area contributed by atoms with Crippen LogP contribution in [0.25, 0.3) is 5.82 Å². The van der Waals surface area contributed by atoms with Gasteiger partial charge in [-0.25, -0.2) is 23.4 Å². The molecule has 164 valence electrons. The van der Waals surface area contributed by atoms with Gasteiger partial charge in [0.25, 0.3) is 0 Å². The first-order valence-electron chi connectivity index (χ1n) is 9.93. The molecule has 0 fully saturated rings. The van der Waals surface area contributed by atoms with Gasteiger partial charge in [-0.15, -0.1) is 0 Å². The Labute approximate surface area is 181 Å². The Bertz CT molecular complexity index is 1140. The summed E-state index contributed by atoms with van der Waals surface area (Å²) < 4.78 is 26.2. The van der Waals surface area contributed by atoms with Gasteiger partial charge >= 0.3 is 0 Å². The molecule has 10 heteroatoms. The maximum Gasteiger partial charge on any atom is 0.224 e. The van der Waals surface area contributed by atoms with Gasteiger partial charge in [0.05, 0.1) is 16.6 Å². The van der Waals surface area contributed by atoms with E-state index in [-0.39, 0.29) is 17.2 Å². The Kier molecular flexibility index (Phi) is 7.01. The molecule has 1 amide bonds. The molecule has 31 heavy (non-hydrogen) atoms. The SMILES string of the molecule is Cc1nccn1-c1cc(NCCNC(=O)Cc2ccc(S(=O)(=O)C(C)C)cc2)ncn1. The van der Waals surface area contributed by atoms with E-state index >= 15 is 0 Å². The van der Waals surface area contributed by atoms with E-state index in [9.17, 15) is 13.2 Å². The van der Waals surface area contributed by atoms with Crippen molar-refractivity contribution in [2.24, 2.45) is 0 Å². The van der Waals surface area contributed by atoms with E-state index in [1.54, 1.807) is 44.3 Å². The quantitative estimate of drug-likeness (QED) is 0.486. The van der Waals surface area contributed by atoms with E-state index < -0.39 is 15.1 Å². The summed E-state index contributed by atoms with van der Waals surface area (Å²) in [4.78, 5) is 25.0. The second-order valence-corrected chi connectivity index (χ2v) is 9.80. The number of sulfone groups is 1. The van der Waals surface area contributed by atoms with Crippen LogP contribution in [-0.2, 0) is 21.1 Å². The maximum atomic E-state index is 12.2. The molecular weight excluding hydrogens is 416 g/mol. The zero-order valence-electron chi connectivity index (χ0n) is 17.7. The molecule has 0 aliphatic carbocycles. The average Bonchev–Trinajstić information content (AvgIpc) is 3.17. The van der Waals surface area contributed by atoms with E-state index in [2.05, 4.69) is 25.6 Å². The Balaban J connectivity index is 1.46. The lowest BCUT2D eigenvalue weighted by atomic mass is 10.1. The highest BCUT2D eigenvalue weighted by molar-refractivity contribution is 7.92. The van der Waals surface area contributed by atoms with Gasteiger partial charge in [-0.3, -0.25) is 9.36 Å². The van der Waals surface area contributed by atoms with Crippen molar-refractivity contribution < 1.29 is 13.2 Å². The molecule has 2 aromatic heterocycles. The number of nitrogens with one attached hydrogen (secondary N) is 2. The summed E-state index contributed by atoms with van der Waals surface area (Å²) in [6, 6.07) is 8.26. The predicted octanol–water partition coefficient (Wildman–Crippen LogP) is 1.92. The van der Waals surface area contributed by atoms with Crippen LogP contribution in [-0.4, -0.2) is 52.2 Å². The molecule has 9 nitrogen and oxygen atoms in total. The Hall–Kier alpha value is -3.27. The summed E-state index contributed by atoms with van der Waals surface area (Å²) in [7, 11) is -3.31. The van der Waals surface area contributed by atoms with Gasteiger partial charge < -0.3 is 10.6 Å². The Morgan fingerprint density at radius 2 is 1.84 bits per heavy atom. The van der Waals surface area contributed by atoms with Gasteiger partial charge in [-0.1, -0.05) is 12.1 Å². The van der Waals surface area contributed by atoms with Gasteiger partial charge in [0, 0.05) is 31.5 Å². The zero-order valence-corrected chi connectivity index (χ0v) is 18.6. The van der Waals surface area contributed by atoms with Gasteiger partial charge in [0.15, 0.2) is 9.84 Å². The van der Waals surface area contributed by atoms with E-state index in [0.717, 1.165) is 11.4 Å². The van der Waals surface area contributed by atoms with Crippen LogP contribution in [0, 0.1) is 6.92 Å². The first kappa shape index (κ1) is 22.4. The molecule has 0 radical (unpaired) electrons. The number of carbonyl (C=O) groups is 1. The van der Waals surface area contributed by atoms with Crippen LogP contribution < -0.4 is 10.6 Å². The molecular formula is C21H26N6O3S. The molecule has 0 atom stereocenters. The highest BCUT2D eigenvalue weighted by Gasteiger charge is 2.18. The van der Waals surface area contributed by atoms with Crippen LogP contribution in [0.2, 0.25) is 0 Å². The van der Waals surface area contributed by atoms with Gasteiger partial charge in [-0.05, 0) is 38.5 Å². The van der Waals surface area contributed by atoms with Crippen LogP contribution in [0.4, 0.5) is 5.82 Å². The number of nitrogens with zero attached hydrogens (tertiary/aromatic N) is 4. The van der Waals surface area contributed by atoms with Gasteiger partial charge in [0.1, 0.15) is 23.8 Å². The molecule has 0 saturated carbocycles. The number of aryl methyl sites for hydroxylation is 1. The Morgan fingerprint density at radius 1 is 1.10 bits per heavy atom. The van der Waals surface area contributed by atoms with E-state index in [4.69, 9.17) is 0 Å². The fourth-order valence-electron chi connectivity index (χ4n) is 2.91. The summed E-state index contributed by atoms with van der Waals surface area (Å²) in [5, 5.41) is 5.51. The van der Waals surface area contributed by atoms with Crippen molar-refractivity contribution in [3.8, 4) is 5.82 Å². The average molecular weight is 443 g/mol. The molecule has 2 heterocycles. The first-order valence-corrected chi connectivity index (χ1v) is 11.5. The second kappa shape index (κ2) is 9.69. The number of aromatic nitrogens is 4. The highest BCUT2D eigenvalue weighted by atomic mass is 32.2. The smallest absolute Gasteiger partial charge is 0.224 e. The third kappa shape index (κ3) is 5.66. The number of benzene rings is 1. The molecule has 1 aromatic carbocycles. The summed E-state index contributed by atoms with van der Waals surface area (Å²) in [6.45, 7) is 6.10. The van der Waals surface area contributed by atoms with Crippen molar-refractivity contribution in [1.29, 1.82) is 0 Å². The first-order chi connectivity index (χ1) is 14.8. The standard InChI is InChI=1S/C21H26N6O3S/c1-15(2)31(29,30)18-6-4-17(5-7-18)12-21(28)24-9-8-23-19-13-20(26-14-25-19)27-11-10-22-16(27)3/h4-7,10-11,13-15H,8-9,12H2,1-3H3,(H,24,28)(H,23,25,26). The fraction of sp³-hybridized carbons (Fsp3) is 0.333. The van der Waals surface area contributed by atoms with E-state index in [1.807, 2.05) is 23.8 Å². The van der Waals surface area contributed by atoms with Crippen LogP contribution in [0.1, 0.15) is 25.2 Å². The van der Waals surface area contributed by atoms with E-state index in [0.29, 0.717) is 24.7 Å². The summed E-state index contributed by atoms with van der Waals surface area (Å²) >= 11 is 0. The molecule has 3 rings (SSSR count). The number of carbonyl (C=O) groups excluding carboxylic acids is 1. The zero-order chi connectivity index (χ0) is 22.4. The lowest BCUT2D eigenvalue weighted by molar-refractivity contribution is -0.120. The lowest BCUT2D eigenvalue weighted by Crippen LogP contribution is -2.30. The molecule has 2 N–H and O–H groups in total. The van der Waals surface area contributed by atoms with Gasteiger partial charge in [-0.2, -0.15) is 0 Å². The largest absolute Gasteiger partial charge is 0.368 e. The van der Waals surface area contributed by atoms with Crippen molar-refractivity contribution in [3.63, 3.8) is 0 Å². The number of anilines is 1. The third-order valence-corrected chi connectivity index (χ3v) is 6.89. The molecule has 0 saturated heterocycles. The van der Waals surface area contributed by atoms with Crippen molar-refractivity contribution in [2.45, 2.75) is 37.3 Å². The van der Waals surface area contributed by atoms with Crippen molar-refractivity contribution in [2.75, 3.05) is 18.4 Å². The van der Waals surface area contributed by atoms with Crippen LogP contribution >= 0.6 is 0 Å². The molecule has 0 spiro atoms. The second-order valence-electron chi connectivity index (χ2n) is 7.30. The van der Waals surface area contributed by atoms with E-state index in [1.165, 1.54) is 6.33 Å². The molecule has 3 aromatic rings. The number of amides is 1. The van der Waals surface area contributed by atoms with Crippen LogP contribution in [0.5, 0.6) is 0 Å². The minimum atomic E-state index is -3.31. The Morgan fingerprint density at radius 3 is 2.48 bits per heavy atom. The molecule has 0 bridgehead atoms. The van der Waals surface area contributed by atoms with Crippen LogP contribution in [0.15, 0.2) is 53.9 Å².